The predicted octanol–water partition coefficient (Wildman–Crippen LogP) is 13.5. The third-order valence-electron chi connectivity index (χ3n) is 12.8. The number of unbranched alkanes of at least 4 members (excludes halogenated alkanes) is 30. The van der Waals surface area contributed by atoms with Crippen LogP contribution in [0.3, 0.4) is 0 Å². The first-order valence-corrected chi connectivity index (χ1v) is 26.3. The highest BCUT2D eigenvalue weighted by Crippen LogP contribution is 2.18. The SMILES string of the molecule is CC(C)[C@H](N)C(=O)NCCCCCCCCCCCCCCCCCCC(=O)c1ccc(C(=O)CCCCCCCCCCCCCCCCCCNC(=O)[C@@H](N)C(C)C)cc1. The van der Waals surface area contributed by atoms with Crippen molar-refractivity contribution in [1.29, 1.82) is 0 Å². The molecule has 62 heavy (non-hydrogen) atoms. The maximum Gasteiger partial charge on any atom is 0.237 e. The third kappa shape index (κ3) is 32.1. The minimum atomic E-state index is -0.395. The van der Waals surface area contributed by atoms with Crippen molar-refractivity contribution >= 4 is 23.4 Å². The molecule has 0 aliphatic rings. The second kappa shape index (κ2) is 40.0. The fourth-order valence-electron chi connectivity index (χ4n) is 8.17. The molecular weight excluding hydrogens is 769 g/mol. The van der Waals surface area contributed by atoms with Gasteiger partial charge >= 0.3 is 0 Å². The van der Waals surface area contributed by atoms with Crippen molar-refractivity contribution < 1.29 is 19.2 Å². The van der Waals surface area contributed by atoms with E-state index in [1.165, 1.54) is 167 Å². The van der Waals surface area contributed by atoms with E-state index in [1.54, 1.807) is 0 Å². The molecule has 1 rings (SSSR count). The molecule has 0 heterocycles. The molecule has 8 nitrogen and oxygen atoms in total. The smallest absolute Gasteiger partial charge is 0.237 e. The van der Waals surface area contributed by atoms with Crippen LogP contribution in [-0.2, 0) is 9.59 Å². The average molecular weight is 867 g/mol. The number of hydrogen-bond acceptors (Lipinski definition) is 6. The predicted molar refractivity (Wildman–Crippen MR) is 264 cm³/mol. The van der Waals surface area contributed by atoms with Crippen LogP contribution in [0.2, 0.25) is 0 Å². The van der Waals surface area contributed by atoms with E-state index < -0.39 is 12.1 Å². The molecule has 6 N–H and O–H groups in total. The van der Waals surface area contributed by atoms with Gasteiger partial charge in [0, 0.05) is 37.1 Å². The standard InChI is InChI=1S/C54H98N4O4/c1-45(2)51(55)53(61)57-43-35-31-27-23-19-15-11-7-5-9-13-17-21-25-29-33-37-49(59)47-39-41-48(42-40-47)50(60)38-34-30-26-22-18-14-10-6-8-12-16-20-24-28-32-36-44-58-54(62)52(56)46(3)4/h39-42,45-46,51-52H,5-38,43-44,55-56H2,1-4H3,(H,57,61)(H,58,62)/t51-,52-/m0/s1. The Morgan fingerprint density at radius 2 is 0.548 bits per heavy atom. The molecule has 8 heteroatoms. The maximum atomic E-state index is 12.7. The summed E-state index contributed by atoms with van der Waals surface area (Å²) in [6, 6.07) is 6.62. The summed E-state index contributed by atoms with van der Waals surface area (Å²) >= 11 is 0. The van der Waals surface area contributed by atoms with E-state index in [2.05, 4.69) is 10.6 Å². The van der Waals surface area contributed by atoms with Crippen molar-refractivity contribution in [2.45, 2.75) is 258 Å². The zero-order chi connectivity index (χ0) is 45.5. The fourth-order valence-corrected chi connectivity index (χ4v) is 8.17. The van der Waals surface area contributed by atoms with Crippen LogP contribution in [0.15, 0.2) is 24.3 Å². The lowest BCUT2D eigenvalue weighted by Gasteiger charge is -2.15. The van der Waals surface area contributed by atoms with Gasteiger partial charge in [-0.15, -0.1) is 0 Å². The van der Waals surface area contributed by atoms with Crippen LogP contribution in [0.25, 0.3) is 0 Å². The number of nitrogens with one attached hydrogen (secondary N) is 2. The van der Waals surface area contributed by atoms with E-state index in [-0.39, 0.29) is 35.2 Å². The minimum Gasteiger partial charge on any atom is -0.355 e. The van der Waals surface area contributed by atoms with E-state index in [4.69, 9.17) is 11.5 Å². The third-order valence-corrected chi connectivity index (χ3v) is 12.8. The first-order valence-electron chi connectivity index (χ1n) is 26.3. The van der Waals surface area contributed by atoms with Crippen molar-refractivity contribution in [2.75, 3.05) is 13.1 Å². The Labute approximate surface area is 381 Å². The largest absolute Gasteiger partial charge is 0.355 e. The summed E-state index contributed by atoms with van der Waals surface area (Å²) in [5, 5.41) is 5.92. The number of carbonyl (C=O) groups is 4. The normalized spacial score (nSPS) is 12.5. The van der Waals surface area contributed by atoms with E-state index in [1.807, 2.05) is 52.0 Å². The zero-order valence-corrected chi connectivity index (χ0v) is 40.9. The first kappa shape index (κ1) is 57.4. The highest BCUT2D eigenvalue weighted by Gasteiger charge is 2.17. The molecule has 0 aliphatic carbocycles. The van der Waals surface area contributed by atoms with Gasteiger partial charge in [-0.1, -0.05) is 232 Å². The van der Waals surface area contributed by atoms with Crippen molar-refractivity contribution in [3.05, 3.63) is 35.4 Å². The van der Waals surface area contributed by atoms with Gasteiger partial charge in [-0.3, -0.25) is 19.2 Å². The Morgan fingerprint density at radius 1 is 0.355 bits per heavy atom. The van der Waals surface area contributed by atoms with Crippen LogP contribution in [0.1, 0.15) is 267 Å². The Kier molecular flexibility index (Phi) is 37.0. The van der Waals surface area contributed by atoms with Gasteiger partial charge in [-0.05, 0) is 37.5 Å². The van der Waals surface area contributed by atoms with Gasteiger partial charge in [0.2, 0.25) is 11.8 Å². The quantitative estimate of drug-likeness (QED) is 0.0380. The summed E-state index contributed by atoms with van der Waals surface area (Å²) in [6.07, 6.45) is 41.2. The lowest BCUT2D eigenvalue weighted by Crippen LogP contribution is -2.44. The van der Waals surface area contributed by atoms with Gasteiger partial charge in [-0.25, -0.2) is 0 Å². The molecule has 0 fully saturated rings. The van der Waals surface area contributed by atoms with Crippen molar-refractivity contribution in [2.24, 2.45) is 23.3 Å². The number of rotatable bonds is 44. The molecule has 0 saturated heterocycles. The molecular formula is C54H98N4O4. The van der Waals surface area contributed by atoms with Crippen LogP contribution >= 0.6 is 0 Å². The Morgan fingerprint density at radius 3 is 0.758 bits per heavy atom. The van der Waals surface area contributed by atoms with E-state index in [0.29, 0.717) is 12.8 Å². The molecule has 2 atom stereocenters. The van der Waals surface area contributed by atoms with Crippen molar-refractivity contribution in [1.82, 2.24) is 10.6 Å². The van der Waals surface area contributed by atoms with Crippen LogP contribution < -0.4 is 22.1 Å². The summed E-state index contributed by atoms with van der Waals surface area (Å²) in [7, 11) is 0. The Bertz CT molecular complexity index is 1150. The highest BCUT2D eigenvalue weighted by molar-refractivity contribution is 5.99. The summed E-state index contributed by atoms with van der Waals surface area (Å²) in [5.41, 5.74) is 13.2. The lowest BCUT2D eigenvalue weighted by molar-refractivity contribution is -0.124. The van der Waals surface area contributed by atoms with E-state index in [0.717, 1.165) is 62.7 Å². The van der Waals surface area contributed by atoms with Crippen LogP contribution in [0, 0.1) is 11.8 Å². The number of benzene rings is 1. The van der Waals surface area contributed by atoms with E-state index >= 15 is 0 Å². The van der Waals surface area contributed by atoms with Gasteiger partial charge in [0.25, 0.3) is 0 Å². The molecule has 0 aliphatic heterocycles. The van der Waals surface area contributed by atoms with Gasteiger partial charge in [0.1, 0.15) is 0 Å². The molecule has 2 amide bonds. The molecule has 1 aromatic rings. The molecule has 0 aromatic heterocycles. The number of hydrogen-bond donors (Lipinski definition) is 4. The van der Waals surface area contributed by atoms with Crippen molar-refractivity contribution in [3.63, 3.8) is 0 Å². The summed E-state index contributed by atoms with van der Waals surface area (Å²) in [4.78, 5) is 49.2. The Balaban J connectivity index is 1.87. The van der Waals surface area contributed by atoms with Gasteiger partial charge in [-0.2, -0.15) is 0 Å². The topological polar surface area (TPSA) is 144 Å². The lowest BCUT2D eigenvalue weighted by atomic mass is 9.99. The second-order valence-corrected chi connectivity index (χ2v) is 19.4. The molecule has 358 valence electrons. The number of Topliss-reactive ketones (excluding diaryl/α,β-unsaturated/α-hetero) is 2. The number of carbonyl (C=O) groups excluding carboxylic acids is 4. The number of ketones is 2. The first-order chi connectivity index (χ1) is 30.0. The van der Waals surface area contributed by atoms with Crippen molar-refractivity contribution in [3.8, 4) is 0 Å². The molecule has 0 saturated carbocycles. The van der Waals surface area contributed by atoms with Gasteiger partial charge < -0.3 is 22.1 Å². The van der Waals surface area contributed by atoms with Crippen LogP contribution in [0.4, 0.5) is 0 Å². The summed E-state index contributed by atoms with van der Waals surface area (Å²) < 4.78 is 0. The highest BCUT2D eigenvalue weighted by atomic mass is 16.2. The molecule has 0 radical (unpaired) electrons. The van der Waals surface area contributed by atoms with Crippen LogP contribution in [-0.4, -0.2) is 48.6 Å². The molecule has 0 unspecified atom stereocenters. The monoisotopic (exact) mass is 867 g/mol. The second-order valence-electron chi connectivity index (χ2n) is 19.4. The molecule has 0 spiro atoms. The maximum absolute atomic E-state index is 12.7. The fraction of sp³-hybridized carbons (Fsp3) is 0.815. The van der Waals surface area contributed by atoms with E-state index in [9.17, 15) is 19.2 Å². The minimum absolute atomic E-state index is 0.0199. The van der Waals surface area contributed by atoms with Crippen LogP contribution in [0.5, 0.6) is 0 Å². The van der Waals surface area contributed by atoms with Gasteiger partial charge in [0.15, 0.2) is 11.6 Å². The molecule has 1 aromatic carbocycles. The molecule has 0 bridgehead atoms. The average Bonchev–Trinajstić information content (AvgIpc) is 3.26. The summed E-state index contributed by atoms with van der Waals surface area (Å²) in [5.74, 6) is 0.716. The number of nitrogens with two attached hydrogens (primary N) is 2. The Hall–Kier alpha value is -2.58. The summed E-state index contributed by atoms with van der Waals surface area (Å²) in [6.45, 7) is 9.40. The zero-order valence-electron chi connectivity index (χ0n) is 40.9. The number of amides is 2. The van der Waals surface area contributed by atoms with Gasteiger partial charge in [0.05, 0.1) is 12.1 Å².